The minimum Gasteiger partial charge on any atom is -0.372 e. The van der Waals surface area contributed by atoms with Gasteiger partial charge < -0.3 is 10.2 Å². The third-order valence-electron chi connectivity index (χ3n) is 5.59. The lowest BCUT2D eigenvalue weighted by Gasteiger charge is -2.19. The molecule has 2 aliphatic heterocycles. The van der Waals surface area contributed by atoms with Crippen molar-refractivity contribution in [3.63, 3.8) is 0 Å². The van der Waals surface area contributed by atoms with E-state index in [1.807, 2.05) is 42.5 Å². The summed E-state index contributed by atoms with van der Waals surface area (Å²) in [6, 6.07) is 18.3. The van der Waals surface area contributed by atoms with Crippen molar-refractivity contribution in [1.29, 1.82) is 0 Å². The molecule has 1 saturated heterocycles. The Balaban J connectivity index is 1.35. The number of carbonyl (C=O) groups is 1. The zero-order valence-corrected chi connectivity index (χ0v) is 16.7. The normalized spacial score (nSPS) is 17.1. The van der Waals surface area contributed by atoms with Crippen molar-refractivity contribution in [3.05, 3.63) is 60.7 Å². The molecule has 0 spiro atoms. The lowest BCUT2D eigenvalue weighted by Crippen LogP contribution is -2.35. The van der Waals surface area contributed by atoms with Gasteiger partial charge in [-0.2, -0.15) is 0 Å². The van der Waals surface area contributed by atoms with E-state index in [0.29, 0.717) is 16.8 Å². The van der Waals surface area contributed by atoms with Crippen molar-refractivity contribution in [3.8, 4) is 0 Å². The molecule has 0 unspecified atom stereocenters. The van der Waals surface area contributed by atoms with Crippen LogP contribution in [0.1, 0.15) is 12.8 Å². The van der Waals surface area contributed by atoms with Gasteiger partial charge in [-0.25, -0.2) is 8.42 Å². The highest BCUT2D eigenvalue weighted by Gasteiger charge is 2.36. The summed E-state index contributed by atoms with van der Waals surface area (Å²) in [4.78, 5) is 15.2. The Bertz CT molecular complexity index is 1190. The summed E-state index contributed by atoms with van der Waals surface area (Å²) in [6.45, 7) is 1.86. The van der Waals surface area contributed by atoms with Crippen LogP contribution < -0.4 is 14.5 Å². The van der Waals surface area contributed by atoms with E-state index in [1.165, 1.54) is 17.1 Å². The quantitative estimate of drug-likeness (QED) is 0.718. The first kappa shape index (κ1) is 18.0. The van der Waals surface area contributed by atoms with E-state index >= 15 is 0 Å². The number of nitrogens with zero attached hydrogens (tertiary/aromatic N) is 2. The number of hydrogen-bond acceptors (Lipinski definition) is 4. The monoisotopic (exact) mass is 407 g/mol. The number of amides is 1. The maximum atomic E-state index is 13.0. The maximum absolute atomic E-state index is 13.0. The van der Waals surface area contributed by atoms with Crippen LogP contribution in [0.25, 0.3) is 10.8 Å². The Hall–Kier alpha value is -3.06. The Morgan fingerprint density at radius 2 is 1.62 bits per heavy atom. The van der Waals surface area contributed by atoms with Gasteiger partial charge in [-0.3, -0.25) is 9.10 Å². The van der Waals surface area contributed by atoms with Gasteiger partial charge in [0, 0.05) is 29.9 Å². The van der Waals surface area contributed by atoms with Gasteiger partial charge in [0.2, 0.25) is 5.91 Å². The van der Waals surface area contributed by atoms with Crippen LogP contribution in [0.2, 0.25) is 0 Å². The molecule has 3 aromatic rings. The van der Waals surface area contributed by atoms with Crippen molar-refractivity contribution in [2.45, 2.75) is 17.7 Å². The van der Waals surface area contributed by atoms with Crippen LogP contribution in [0.15, 0.2) is 65.6 Å². The molecule has 0 aromatic heterocycles. The summed E-state index contributed by atoms with van der Waals surface area (Å²) in [6.07, 6.45) is 2.41. The lowest BCUT2D eigenvalue weighted by atomic mass is 10.1. The average molecular weight is 407 g/mol. The SMILES string of the molecule is O=C(CN1c2cccc3cccc(c23)S1(=O)=O)Nc1ccc(N2CCCC2)cc1. The molecule has 1 amide bonds. The predicted octanol–water partition coefficient (Wildman–Crippen LogP) is 3.59. The van der Waals surface area contributed by atoms with E-state index in [9.17, 15) is 13.2 Å². The van der Waals surface area contributed by atoms with Gasteiger partial charge in [0.15, 0.2) is 0 Å². The molecule has 2 aliphatic rings. The van der Waals surface area contributed by atoms with E-state index in [1.54, 1.807) is 18.2 Å². The minimum absolute atomic E-state index is 0.258. The molecule has 0 radical (unpaired) electrons. The molecule has 2 heterocycles. The number of sulfonamides is 1. The number of hydrogen-bond donors (Lipinski definition) is 1. The molecule has 0 bridgehead atoms. The highest BCUT2D eigenvalue weighted by Crippen LogP contribution is 2.41. The number of anilines is 3. The fraction of sp³-hybridized carbons (Fsp3) is 0.227. The van der Waals surface area contributed by atoms with Gasteiger partial charge in [0.05, 0.1) is 10.6 Å². The zero-order chi connectivity index (χ0) is 20.0. The largest absolute Gasteiger partial charge is 0.372 e. The van der Waals surface area contributed by atoms with E-state index in [-0.39, 0.29) is 17.3 Å². The second-order valence-corrected chi connectivity index (χ2v) is 9.26. The van der Waals surface area contributed by atoms with Gasteiger partial charge in [-0.1, -0.05) is 24.3 Å². The average Bonchev–Trinajstić information content (AvgIpc) is 3.32. The van der Waals surface area contributed by atoms with Crippen molar-refractivity contribution in [1.82, 2.24) is 0 Å². The van der Waals surface area contributed by atoms with Crippen LogP contribution in [0.3, 0.4) is 0 Å². The van der Waals surface area contributed by atoms with E-state index in [4.69, 9.17) is 0 Å². The molecule has 29 heavy (non-hydrogen) atoms. The minimum atomic E-state index is -3.74. The van der Waals surface area contributed by atoms with Gasteiger partial charge in [-0.05, 0) is 54.6 Å². The number of nitrogens with one attached hydrogen (secondary N) is 1. The fourth-order valence-corrected chi connectivity index (χ4v) is 5.86. The first-order valence-corrected chi connectivity index (χ1v) is 11.2. The summed E-state index contributed by atoms with van der Waals surface area (Å²) in [5, 5.41) is 4.35. The Morgan fingerprint density at radius 3 is 2.34 bits per heavy atom. The van der Waals surface area contributed by atoms with Gasteiger partial charge in [0.25, 0.3) is 10.0 Å². The van der Waals surface area contributed by atoms with Crippen LogP contribution in [-0.2, 0) is 14.8 Å². The molecule has 3 aromatic carbocycles. The molecule has 1 N–H and O–H groups in total. The predicted molar refractivity (Wildman–Crippen MR) is 115 cm³/mol. The molecule has 0 atom stereocenters. The Kier molecular flexibility index (Phi) is 4.20. The lowest BCUT2D eigenvalue weighted by molar-refractivity contribution is -0.114. The van der Waals surface area contributed by atoms with Crippen molar-refractivity contribution in [2.75, 3.05) is 34.2 Å². The van der Waals surface area contributed by atoms with E-state index in [0.717, 1.165) is 24.2 Å². The maximum Gasteiger partial charge on any atom is 0.265 e. The topological polar surface area (TPSA) is 69.7 Å². The van der Waals surface area contributed by atoms with Crippen LogP contribution in [-0.4, -0.2) is 34.0 Å². The molecular weight excluding hydrogens is 386 g/mol. The number of benzene rings is 3. The van der Waals surface area contributed by atoms with E-state index in [2.05, 4.69) is 10.2 Å². The van der Waals surface area contributed by atoms with Gasteiger partial charge in [0.1, 0.15) is 6.54 Å². The second kappa shape index (κ2) is 6.77. The highest BCUT2D eigenvalue weighted by molar-refractivity contribution is 7.93. The number of rotatable bonds is 4. The molecular formula is C22H21N3O3S. The Labute approximate surface area is 169 Å². The third-order valence-corrected chi connectivity index (χ3v) is 7.39. The molecule has 148 valence electrons. The van der Waals surface area contributed by atoms with Crippen LogP contribution in [0.4, 0.5) is 17.1 Å². The number of carbonyl (C=O) groups excluding carboxylic acids is 1. The van der Waals surface area contributed by atoms with Crippen molar-refractivity contribution < 1.29 is 13.2 Å². The summed E-state index contributed by atoms with van der Waals surface area (Å²) < 4.78 is 27.2. The molecule has 0 saturated carbocycles. The highest BCUT2D eigenvalue weighted by atomic mass is 32.2. The molecule has 5 rings (SSSR count). The van der Waals surface area contributed by atoms with Gasteiger partial charge in [-0.15, -0.1) is 0 Å². The summed E-state index contributed by atoms with van der Waals surface area (Å²) >= 11 is 0. The second-order valence-electron chi connectivity index (χ2n) is 7.43. The molecule has 6 nitrogen and oxygen atoms in total. The summed E-state index contributed by atoms with van der Waals surface area (Å²) in [7, 11) is -3.74. The van der Waals surface area contributed by atoms with Crippen LogP contribution >= 0.6 is 0 Å². The first-order valence-electron chi connectivity index (χ1n) is 9.73. The molecule has 0 aliphatic carbocycles. The van der Waals surface area contributed by atoms with Crippen molar-refractivity contribution >= 4 is 43.8 Å². The standard InChI is InChI=1S/C22H21N3O3S/c26-21(23-17-9-11-18(12-10-17)24-13-1-2-14-24)15-25-19-7-3-5-16-6-4-8-20(22(16)19)29(25,27)28/h3-12H,1-2,13-15H2,(H,23,26). The third kappa shape index (κ3) is 3.02. The van der Waals surface area contributed by atoms with E-state index < -0.39 is 10.0 Å². The Morgan fingerprint density at radius 1 is 0.931 bits per heavy atom. The molecule has 1 fully saturated rings. The molecule has 7 heteroatoms. The fourth-order valence-electron chi connectivity index (χ4n) is 4.19. The zero-order valence-electron chi connectivity index (χ0n) is 15.8. The summed E-state index contributed by atoms with van der Waals surface area (Å²) in [5.41, 5.74) is 2.35. The van der Waals surface area contributed by atoms with Gasteiger partial charge >= 0.3 is 0 Å². The first-order chi connectivity index (χ1) is 14.0. The smallest absolute Gasteiger partial charge is 0.265 e. The van der Waals surface area contributed by atoms with Crippen LogP contribution in [0, 0.1) is 0 Å². The summed E-state index contributed by atoms with van der Waals surface area (Å²) in [5.74, 6) is -0.368. The van der Waals surface area contributed by atoms with Crippen molar-refractivity contribution in [2.24, 2.45) is 0 Å². The van der Waals surface area contributed by atoms with Crippen LogP contribution in [0.5, 0.6) is 0 Å².